The van der Waals surface area contributed by atoms with Gasteiger partial charge in [0.25, 0.3) is 5.91 Å². The molecule has 0 spiro atoms. The van der Waals surface area contributed by atoms with Crippen molar-refractivity contribution in [2.45, 2.75) is 33.2 Å². The molecule has 2 N–H and O–H groups in total. The number of hydrogen-bond acceptors (Lipinski definition) is 4. The number of nitrogens with one attached hydrogen (secondary N) is 1. The number of amides is 1. The average molecular weight is 307 g/mol. The fourth-order valence-corrected chi connectivity index (χ4v) is 2.99. The van der Waals surface area contributed by atoms with Crippen molar-refractivity contribution >= 4 is 17.2 Å². The molecule has 0 radical (unpaired) electrons. The van der Waals surface area contributed by atoms with E-state index >= 15 is 0 Å². The van der Waals surface area contributed by atoms with Crippen LogP contribution in [-0.2, 0) is 0 Å². The Morgan fingerprint density at radius 3 is 2.71 bits per heavy atom. The Balaban J connectivity index is 2.16. The van der Waals surface area contributed by atoms with Crippen LogP contribution in [0.1, 0.15) is 35.6 Å². The number of carbonyl (C=O) groups is 1. The Bertz CT molecular complexity index is 592. The third kappa shape index (κ3) is 3.51. The van der Waals surface area contributed by atoms with Gasteiger partial charge in [-0.15, -0.1) is 0 Å². The van der Waals surface area contributed by atoms with E-state index in [0.717, 1.165) is 11.6 Å². The lowest BCUT2D eigenvalue weighted by atomic mass is 10.00. The van der Waals surface area contributed by atoms with Crippen molar-refractivity contribution in [3.63, 3.8) is 0 Å². The van der Waals surface area contributed by atoms with E-state index in [4.69, 9.17) is 0 Å². The summed E-state index contributed by atoms with van der Waals surface area (Å²) in [5, 5.41) is 13.1. The second kappa shape index (κ2) is 6.87. The number of aliphatic hydroxyl groups excluding tert-OH is 1. The summed E-state index contributed by atoms with van der Waals surface area (Å²) in [7, 11) is 0. The van der Waals surface area contributed by atoms with Gasteiger partial charge in [-0.05, 0) is 25.0 Å². The van der Waals surface area contributed by atoms with Crippen LogP contribution in [0.15, 0.2) is 24.5 Å². The van der Waals surface area contributed by atoms with Crippen LogP contribution in [0.5, 0.6) is 0 Å². The summed E-state index contributed by atoms with van der Waals surface area (Å²) >= 11 is 1.36. The van der Waals surface area contributed by atoms with E-state index in [0.29, 0.717) is 10.6 Å². The molecule has 0 saturated carbocycles. The van der Waals surface area contributed by atoms with E-state index in [-0.39, 0.29) is 24.5 Å². The minimum absolute atomic E-state index is 0.0525. The van der Waals surface area contributed by atoms with E-state index in [1.54, 1.807) is 0 Å². The number of hydrogen-bond donors (Lipinski definition) is 2. The van der Waals surface area contributed by atoms with Crippen LogP contribution in [-0.4, -0.2) is 33.2 Å². The van der Waals surface area contributed by atoms with E-state index in [1.165, 1.54) is 11.3 Å². The minimum Gasteiger partial charge on any atom is -0.394 e. The molecule has 0 saturated heterocycles. The van der Waals surface area contributed by atoms with E-state index in [2.05, 4.69) is 10.3 Å². The number of carbonyl (C=O) groups excluding carboxylic acids is 1. The van der Waals surface area contributed by atoms with Gasteiger partial charge in [0.2, 0.25) is 0 Å². The molecule has 0 aliphatic heterocycles. The molecule has 0 fully saturated rings. The van der Waals surface area contributed by atoms with Crippen LogP contribution in [0.3, 0.4) is 0 Å². The number of thiazole rings is 1. The molecule has 21 heavy (non-hydrogen) atoms. The van der Waals surface area contributed by atoms with Gasteiger partial charge in [-0.3, -0.25) is 4.79 Å². The van der Waals surface area contributed by atoms with Crippen molar-refractivity contribution in [3.8, 4) is 5.13 Å². The van der Waals surface area contributed by atoms with Crippen LogP contribution in [0.2, 0.25) is 0 Å². The van der Waals surface area contributed by atoms with Gasteiger partial charge in [-0.1, -0.05) is 31.6 Å². The zero-order valence-corrected chi connectivity index (χ0v) is 13.4. The van der Waals surface area contributed by atoms with Gasteiger partial charge in [0, 0.05) is 12.4 Å². The number of nitrogens with zero attached hydrogens (tertiary/aromatic N) is 2. The highest BCUT2D eigenvalue weighted by atomic mass is 32.1. The SMILES string of the molecule is CCC(C)C(CO)NC(=O)c1sc(-n2cccc2)nc1C. The van der Waals surface area contributed by atoms with Crippen molar-refractivity contribution in [1.82, 2.24) is 14.9 Å². The fraction of sp³-hybridized carbons (Fsp3) is 0.467. The maximum absolute atomic E-state index is 12.4. The number of rotatable bonds is 6. The molecule has 2 aromatic rings. The lowest BCUT2D eigenvalue weighted by Crippen LogP contribution is -2.41. The lowest BCUT2D eigenvalue weighted by Gasteiger charge is -2.21. The predicted octanol–water partition coefficient (Wildman–Crippen LogP) is 2.38. The monoisotopic (exact) mass is 307 g/mol. The third-order valence-corrected chi connectivity index (χ3v) is 4.83. The standard InChI is InChI=1S/C15H21N3O2S/c1-4-10(2)12(9-19)17-14(20)13-11(3)16-15(21-13)18-7-5-6-8-18/h5-8,10,12,19H,4,9H2,1-3H3,(H,17,20). The number of aliphatic hydroxyl groups is 1. The second-order valence-electron chi connectivity index (χ2n) is 5.15. The van der Waals surface area contributed by atoms with Gasteiger partial charge in [-0.2, -0.15) is 0 Å². The molecule has 1 amide bonds. The molecule has 0 aromatic carbocycles. The summed E-state index contributed by atoms with van der Waals surface area (Å²) in [6, 6.07) is 3.61. The highest BCUT2D eigenvalue weighted by Gasteiger charge is 2.21. The Kier molecular flexibility index (Phi) is 5.14. The van der Waals surface area contributed by atoms with Gasteiger partial charge in [-0.25, -0.2) is 4.98 Å². The van der Waals surface area contributed by atoms with E-state index in [1.807, 2.05) is 49.9 Å². The Labute approximate surface area is 128 Å². The van der Waals surface area contributed by atoms with Crippen molar-refractivity contribution < 1.29 is 9.90 Å². The maximum Gasteiger partial charge on any atom is 0.263 e. The molecule has 2 aromatic heterocycles. The summed E-state index contributed by atoms with van der Waals surface area (Å²) in [5.41, 5.74) is 0.710. The molecular formula is C15H21N3O2S. The quantitative estimate of drug-likeness (QED) is 0.861. The first-order chi connectivity index (χ1) is 10.1. The molecule has 2 heterocycles. The smallest absolute Gasteiger partial charge is 0.263 e. The van der Waals surface area contributed by atoms with Gasteiger partial charge in [0.05, 0.1) is 18.3 Å². The van der Waals surface area contributed by atoms with Crippen LogP contribution in [0.4, 0.5) is 0 Å². The zero-order valence-electron chi connectivity index (χ0n) is 12.5. The van der Waals surface area contributed by atoms with Crippen LogP contribution < -0.4 is 5.32 Å². The predicted molar refractivity (Wildman–Crippen MR) is 84.0 cm³/mol. The molecule has 114 valence electrons. The van der Waals surface area contributed by atoms with Gasteiger partial charge < -0.3 is 15.0 Å². The first-order valence-electron chi connectivity index (χ1n) is 7.09. The zero-order chi connectivity index (χ0) is 15.4. The molecule has 2 rings (SSSR count). The summed E-state index contributed by atoms with van der Waals surface area (Å²) in [5.74, 6) is 0.0684. The normalized spacial score (nSPS) is 13.9. The third-order valence-electron chi connectivity index (χ3n) is 3.66. The second-order valence-corrected chi connectivity index (χ2v) is 6.13. The minimum atomic E-state index is -0.223. The first-order valence-corrected chi connectivity index (χ1v) is 7.91. The molecular weight excluding hydrogens is 286 g/mol. The molecule has 2 atom stereocenters. The Hall–Kier alpha value is -1.66. The van der Waals surface area contributed by atoms with Gasteiger partial charge >= 0.3 is 0 Å². The van der Waals surface area contributed by atoms with Gasteiger partial charge in [0.15, 0.2) is 5.13 Å². The van der Waals surface area contributed by atoms with E-state index in [9.17, 15) is 9.90 Å². The summed E-state index contributed by atoms with van der Waals surface area (Å²) in [4.78, 5) is 17.4. The van der Waals surface area contributed by atoms with Gasteiger partial charge in [0.1, 0.15) is 4.88 Å². The molecule has 5 nitrogen and oxygen atoms in total. The topological polar surface area (TPSA) is 67.2 Å². The van der Waals surface area contributed by atoms with Crippen molar-refractivity contribution in [2.75, 3.05) is 6.61 Å². The average Bonchev–Trinajstić information content (AvgIpc) is 3.12. The lowest BCUT2D eigenvalue weighted by molar-refractivity contribution is 0.0895. The van der Waals surface area contributed by atoms with E-state index < -0.39 is 0 Å². The van der Waals surface area contributed by atoms with Crippen LogP contribution in [0.25, 0.3) is 5.13 Å². The van der Waals surface area contributed by atoms with Crippen LogP contribution in [0, 0.1) is 12.8 Å². The fourth-order valence-electron chi connectivity index (χ4n) is 2.05. The molecule has 2 unspecified atom stereocenters. The van der Waals surface area contributed by atoms with Crippen molar-refractivity contribution in [2.24, 2.45) is 5.92 Å². The molecule has 0 aliphatic rings. The summed E-state index contributed by atoms with van der Waals surface area (Å²) in [6.45, 7) is 5.84. The Morgan fingerprint density at radius 2 is 2.14 bits per heavy atom. The summed E-state index contributed by atoms with van der Waals surface area (Å²) < 4.78 is 1.88. The Morgan fingerprint density at radius 1 is 1.48 bits per heavy atom. The largest absolute Gasteiger partial charge is 0.394 e. The number of aromatic nitrogens is 2. The number of aryl methyl sites for hydroxylation is 1. The molecule has 0 bridgehead atoms. The van der Waals surface area contributed by atoms with Crippen molar-refractivity contribution in [1.29, 1.82) is 0 Å². The van der Waals surface area contributed by atoms with Crippen LogP contribution >= 0.6 is 11.3 Å². The molecule has 0 aliphatic carbocycles. The van der Waals surface area contributed by atoms with Crippen molar-refractivity contribution in [3.05, 3.63) is 35.1 Å². The highest BCUT2D eigenvalue weighted by Crippen LogP contribution is 2.22. The summed E-state index contributed by atoms with van der Waals surface area (Å²) in [6.07, 6.45) is 4.70. The molecule has 6 heteroatoms. The first kappa shape index (κ1) is 15.7. The highest BCUT2D eigenvalue weighted by molar-refractivity contribution is 7.16. The maximum atomic E-state index is 12.4.